The second-order valence-corrected chi connectivity index (χ2v) is 5.78. The highest BCUT2D eigenvalue weighted by Gasteiger charge is 2.47. The molecule has 0 unspecified atom stereocenters. The van der Waals surface area contributed by atoms with E-state index in [4.69, 9.17) is 0 Å². The van der Waals surface area contributed by atoms with E-state index in [0.29, 0.717) is 5.41 Å². The van der Waals surface area contributed by atoms with Gasteiger partial charge in [0, 0.05) is 23.5 Å². The van der Waals surface area contributed by atoms with Crippen LogP contribution in [0, 0.1) is 5.41 Å². The van der Waals surface area contributed by atoms with Gasteiger partial charge in [-0.05, 0) is 29.9 Å². The van der Waals surface area contributed by atoms with E-state index in [1.807, 2.05) is 0 Å². The minimum Gasteiger partial charge on any atom is -0.316 e. The van der Waals surface area contributed by atoms with Gasteiger partial charge in [0.1, 0.15) is 0 Å². The van der Waals surface area contributed by atoms with Gasteiger partial charge in [-0.15, -0.1) is 0 Å². The van der Waals surface area contributed by atoms with Gasteiger partial charge in [-0.1, -0.05) is 40.5 Å². The van der Waals surface area contributed by atoms with E-state index in [2.05, 4.69) is 45.5 Å². The molecule has 1 N–H and O–H groups in total. The first-order valence-electron chi connectivity index (χ1n) is 5.77. The molecule has 15 heavy (non-hydrogen) atoms. The third-order valence-corrected chi connectivity index (χ3v) is 4.92. The monoisotopic (exact) mass is 265 g/mol. The minimum absolute atomic E-state index is 0.587. The summed E-state index contributed by atoms with van der Waals surface area (Å²) in [5.74, 6) is 0.724. The maximum atomic E-state index is 3.68. The van der Waals surface area contributed by atoms with Crippen LogP contribution in [0.1, 0.15) is 30.7 Å². The van der Waals surface area contributed by atoms with E-state index in [9.17, 15) is 0 Å². The molecule has 3 rings (SSSR count). The summed E-state index contributed by atoms with van der Waals surface area (Å²) in [6.07, 6.45) is 4.24. The van der Waals surface area contributed by atoms with Crippen LogP contribution >= 0.6 is 15.9 Å². The van der Waals surface area contributed by atoms with Gasteiger partial charge in [0.25, 0.3) is 0 Å². The van der Waals surface area contributed by atoms with Crippen LogP contribution in [0.3, 0.4) is 0 Å². The van der Waals surface area contributed by atoms with Crippen LogP contribution in [-0.4, -0.2) is 13.1 Å². The normalized spacial score (nSPS) is 27.9. The molecule has 1 aliphatic heterocycles. The largest absolute Gasteiger partial charge is 0.316 e. The van der Waals surface area contributed by atoms with Crippen molar-refractivity contribution in [3.8, 4) is 0 Å². The Labute approximate surface area is 99.4 Å². The van der Waals surface area contributed by atoms with Crippen molar-refractivity contribution in [3.05, 3.63) is 34.3 Å². The molecular weight excluding hydrogens is 250 g/mol. The molecule has 0 amide bonds. The zero-order chi connectivity index (χ0) is 10.3. The van der Waals surface area contributed by atoms with Crippen LogP contribution < -0.4 is 5.32 Å². The number of hydrogen-bond acceptors (Lipinski definition) is 1. The Kier molecular flexibility index (Phi) is 2.37. The highest BCUT2D eigenvalue weighted by Crippen LogP contribution is 2.54. The van der Waals surface area contributed by atoms with Crippen molar-refractivity contribution in [1.29, 1.82) is 0 Å². The third-order valence-electron chi connectivity index (χ3n) is 4.19. The summed E-state index contributed by atoms with van der Waals surface area (Å²) >= 11 is 3.68. The molecule has 0 bridgehead atoms. The lowest BCUT2D eigenvalue weighted by atomic mass is 9.61. The molecule has 1 heterocycles. The molecule has 0 radical (unpaired) electrons. The Balaban J connectivity index is 1.96. The first-order valence-corrected chi connectivity index (χ1v) is 6.56. The van der Waals surface area contributed by atoms with E-state index in [1.54, 1.807) is 0 Å². The smallest absolute Gasteiger partial charge is 0.0210 e. The molecule has 0 aromatic heterocycles. The molecule has 1 spiro atoms. The van der Waals surface area contributed by atoms with Crippen molar-refractivity contribution in [3.63, 3.8) is 0 Å². The number of halogens is 1. The average molecular weight is 266 g/mol. The molecule has 1 aromatic carbocycles. The van der Waals surface area contributed by atoms with Gasteiger partial charge < -0.3 is 5.32 Å². The molecule has 1 saturated carbocycles. The molecule has 2 fully saturated rings. The van der Waals surface area contributed by atoms with Gasteiger partial charge in [0.2, 0.25) is 0 Å². The molecule has 2 heteroatoms. The van der Waals surface area contributed by atoms with E-state index in [1.165, 1.54) is 35.8 Å². The van der Waals surface area contributed by atoms with Gasteiger partial charge in [0.05, 0.1) is 0 Å². The summed E-state index contributed by atoms with van der Waals surface area (Å²) in [4.78, 5) is 0. The van der Waals surface area contributed by atoms with Crippen LogP contribution in [0.15, 0.2) is 28.7 Å². The Morgan fingerprint density at radius 2 is 2.07 bits per heavy atom. The van der Waals surface area contributed by atoms with E-state index in [0.717, 1.165) is 12.5 Å². The molecular formula is C13H16BrN. The lowest BCUT2D eigenvalue weighted by Crippen LogP contribution is -2.36. The predicted molar refractivity (Wildman–Crippen MR) is 66.0 cm³/mol. The minimum atomic E-state index is 0.587. The van der Waals surface area contributed by atoms with Crippen LogP contribution in [0.25, 0.3) is 0 Å². The summed E-state index contributed by atoms with van der Waals surface area (Å²) in [6.45, 7) is 2.38. The standard InChI is InChI=1S/C13H16BrN/c14-12-5-2-1-4-10(12)11-8-15-9-13(11)6-3-7-13/h1-2,4-5,11,15H,3,6-9H2/t11-/m1/s1. The molecule has 1 aromatic rings. The fourth-order valence-electron chi connectivity index (χ4n) is 3.16. The topological polar surface area (TPSA) is 12.0 Å². The first kappa shape index (κ1) is 9.86. The molecule has 1 nitrogen and oxygen atoms in total. The quantitative estimate of drug-likeness (QED) is 0.822. The van der Waals surface area contributed by atoms with Gasteiger partial charge in [-0.3, -0.25) is 0 Å². The molecule has 1 saturated heterocycles. The molecule has 1 atom stereocenters. The molecule has 80 valence electrons. The fraction of sp³-hybridized carbons (Fsp3) is 0.538. The van der Waals surface area contributed by atoms with Crippen molar-refractivity contribution in [1.82, 2.24) is 5.32 Å². The van der Waals surface area contributed by atoms with Crippen molar-refractivity contribution in [2.75, 3.05) is 13.1 Å². The Bertz CT molecular complexity index is 371. The van der Waals surface area contributed by atoms with Crippen LogP contribution in [0.2, 0.25) is 0 Å². The van der Waals surface area contributed by atoms with Crippen LogP contribution in [0.4, 0.5) is 0 Å². The third kappa shape index (κ3) is 1.46. The van der Waals surface area contributed by atoms with Crippen molar-refractivity contribution in [2.24, 2.45) is 5.41 Å². The molecule has 2 aliphatic rings. The van der Waals surface area contributed by atoms with Crippen molar-refractivity contribution in [2.45, 2.75) is 25.2 Å². The molecule has 1 aliphatic carbocycles. The van der Waals surface area contributed by atoms with Gasteiger partial charge >= 0.3 is 0 Å². The zero-order valence-corrected chi connectivity index (χ0v) is 10.4. The van der Waals surface area contributed by atoms with Crippen molar-refractivity contribution < 1.29 is 0 Å². The van der Waals surface area contributed by atoms with E-state index >= 15 is 0 Å². The maximum absolute atomic E-state index is 3.68. The Hall–Kier alpha value is -0.340. The maximum Gasteiger partial charge on any atom is 0.0210 e. The number of benzene rings is 1. The average Bonchev–Trinajstić information content (AvgIpc) is 2.62. The highest BCUT2D eigenvalue weighted by atomic mass is 79.9. The number of nitrogens with one attached hydrogen (secondary N) is 1. The van der Waals surface area contributed by atoms with Gasteiger partial charge in [0.15, 0.2) is 0 Å². The lowest BCUT2D eigenvalue weighted by Gasteiger charge is -2.43. The summed E-state index contributed by atoms with van der Waals surface area (Å²) in [6, 6.07) is 8.70. The Morgan fingerprint density at radius 3 is 2.73 bits per heavy atom. The van der Waals surface area contributed by atoms with Crippen LogP contribution in [-0.2, 0) is 0 Å². The lowest BCUT2D eigenvalue weighted by molar-refractivity contribution is 0.137. The Morgan fingerprint density at radius 1 is 1.27 bits per heavy atom. The zero-order valence-electron chi connectivity index (χ0n) is 8.80. The van der Waals surface area contributed by atoms with E-state index < -0.39 is 0 Å². The van der Waals surface area contributed by atoms with Crippen molar-refractivity contribution >= 4 is 15.9 Å². The second kappa shape index (κ2) is 3.60. The number of rotatable bonds is 1. The SMILES string of the molecule is Brc1ccccc1[C@H]1CNCC12CCC2. The van der Waals surface area contributed by atoms with Gasteiger partial charge in [-0.25, -0.2) is 0 Å². The highest BCUT2D eigenvalue weighted by molar-refractivity contribution is 9.10. The van der Waals surface area contributed by atoms with E-state index in [-0.39, 0.29) is 0 Å². The van der Waals surface area contributed by atoms with Gasteiger partial charge in [-0.2, -0.15) is 0 Å². The number of hydrogen-bond donors (Lipinski definition) is 1. The summed E-state index contributed by atoms with van der Waals surface area (Å²) in [5, 5.41) is 3.57. The first-order chi connectivity index (χ1) is 7.32. The summed E-state index contributed by atoms with van der Waals surface area (Å²) < 4.78 is 1.28. The van der Waals surface area contributed by atoms with Crippen LogP contribution in [0.5, 0.6) is 0 Å². The second-order valence-electron chi connectivity index (χ2n) is 4.92. The summed E-state index contributed by atoms with van der Waals surface area (Å²) in [5.41, 5.74) is 2.09. The fourth-order valence-corrected chi connectivity index (χ4v) is 3.72. The summed E-state index contributed by atoms with van der Waals surface area (Å²) in [7, 11) is 0. The predicted octanol–water partition coefficient (Wildman–Crippen LogP) is 3.31.